The van der Waals surface area contributed by atoms with Crippen molar-refractivity contribution >= 4 is 17.3 Å². The van der Waals surface area contributed by atoms with Gasteiger partial charge < -0.3 is 15.4 Å². The molecule has 1 aromatic carbocycles. The quantitative estimate of drug-likeness (QED) is 0.656. The second kappa shape index (κ2) is 5.29. The number of carbonyl (C=O) groups is 1. The summed E-state index contributed by atoms with van der Waals surface area (Å²) in [6.45, 7) is 1.03. The van der Waals surface area contributed by atoms with Gasteiger partial charge in [0.15, 0.2) is 0 Å². The SMILES string of the molecule is COC(=O)c1cc(N(C)CC2CCC2)ccc1N. The fourth-order valence-electron chi connectivity index (χ4n) is 2.24. The zero-order valence-electron chi connectivity index (χ0n) is 11.0. The van der Waals surface area contributed by atoms with Crippen LogP contribution in [0.4, 0.5) is 11.4 Å². The third-order valence-corrected chi connectivity index (χ3v) is 3.64. The van der Waals surface area contributed by atoms with E-state index in [4.69, 9.17) is 10.5 Å². The lowest BCUT2D eigenvalue weighted by molar-refractivity contribution is 0.0602. The number of hydrogen-bond donors (Lipinski definition) is 1. The number of ether oxygens (including phenoxy) is 1. The molecule has 0 radical (unpaired) electrons. The molecule has 2 rings (SSSR count). The van der Waals surface area contributed by atoms with Gasteiger partial charge >= 0.3 is 5.97 Å². The van der Waals surface area contributed by atoms with Crippen LogP contribution < -0.4 is 10.6 Å². The maximum absolute atomic E-state index is 11.6. The Balaban J connectivity index is 2.14. The Labute approximate surface area is 108 Å². The molecule has 0 bridgehead atoms. The van der Waals surface area contributed by atoms with Crippen LogP contribution in [-0.2, 0) is 4.74 Å². The largest absolute Gasteiger partial charge is 0.465 e. The van der Waals surface area contributed by atoms with Crippen LogP contribution in [0, 0.1) is 5.92 Å². The molecule has 1 fully saturated rings. The van der Waals surface area contributed by atoms with Crippen molar-refractivity contribution in [2.24, 2.45) is 5.92 Å². The summed E-state index contributed by atoms with van der Waals surface area (Å²) >= 11 is 0. The molecule has 4 heteroatoms. The van der Waals surface area contributed by atoms with Gasteiger partial charge in [-0.2, -0.15) is 0 Å². The van der Waals surface area contributed by atoms with Gasteiger partial charge in [0, 0.05) is 25.0 Å². The number of nitrogens with zero attached hydrogens (tertiary/aromatic N) is 1. The first-order chi connectivity index (χ1) is 8.61. The van der Waals surface area contributed by atoms with Gasteiger partial charge in [0.05, 0.1) is 12.7 Å². The van der Waals surface area contributed by atoms with Gasteiger partial charge in [-0.05, 0) is 37.0 Å². The first kappa shape index (κ1) is 12.7. The Morgan fingerprint density at radius 2 is 2.22 bits per heavy atom. The molecule has 0 unspecified atom stereocenters. The zero-order chi connectivity index (χ0) is 13.1. The number of methoxy groups -OCH3 is 1. The second-order valence-corrected chi connectivity index (χ2v) is 4.94. The Bertz CT molecular complexity index is 441. The summed E-state index contributed by atoms with van der Waals surface area (Å²) in [6.07, 6.45) is 3.96. The van der Waals surface area contributed by atoms with E-state index in [1.165, 1.54) is 26.4 Å². The number of nitrogen functional groups attached to an aromatic ring is 1. The average Bonchev–Trinajstić information content (AvgIpc) is 2.33. The van der Waals surface area contributed by atoms with Gasteiger partial charge in [0.2, 0.25) is 0 Å². The smallest absolute Gasteiger partial charge is 0.340 e. The predicted molar refractivity (Wildman–Crippen MR) is 72.8 cm³/mol. The molecule has 0 heterocycles. The van der Waals surface area contributed by atoms with Crippen LogP contribution in [0.5, 0.6) is 0 Å². The normalized spacial score (nSPS) is 15.0. The summed E-state index contributed by atoms with van der Waals surface area (Å²) in [5.41, 5.74) is 7.70. The van der Waals surface area contributed by atoms with Gasteiger partial charge in [0.1, 0.15) is 0 Å². The molecule has 98 valence electrons. The highest BCUT2D eigenvalue weighted by atomic mass is 16.5. The standard InChI is InChI=1S/C14H20N2O2/c1-16(9-10-4-3-5-10)11-6-7-13(15)12(8-11)14(17)18-2/h6-8,10H,3-5,9,15H2,1-2H3. The van der Waals surface area contributed by atoms with E-state index in [2.05, 4.69) is 4.90 Å². The van der Waals surface area contributed by atoms with Crippen LogP contribution in [0.15, 0.2) is 18.2 Å². The van der Waals surface area contributed by atoms with E-state index in [1.807, 2.05) is 13.1 Å². The topological polar surface area (TPSA) is 55.6 Å². The molecule has 1 aromatic rings. The van der Waals surface area contributed by atoms with Crippen molar-refractivity contribution in [3.8, 4) is 0 Å². The van der Waals surface area contributed by atoms with Crippen LogP contribution in [0.2, 0.25) is 0 Å². The Kier molecular flexibility index (Phi) is 3.75. The number of rotatable bonds is 4. The number of benzene rings is 1. The lowest BCUT2D eigenvalue weighted by Gasteiger charge is -2.31. The highest BCUT2D eigenvalue weighted by molar-refractivity contribution is 5.96. The maximum Gasteiger partial charge on any atom is 0.340 e. The molecule has 1 aliphatic rings. The van der Waals surface area contributed by atoms with Crippen LogP contribution >= 0.6 is 0 Å². The molecule has 1 aliphatic carbocycles. The molecule has 0 atom stereocenters. The predicted octanol–water partition coefficient (Wildman–Crippen LogP) is 2.29. The van der Waals surface area contributed by atoms with Crippen molar-refractivity contribution in [1.82, 2.24) is 0 Å². The van der Waals surface area contributed by atoms with Crippen molar-refractivity contribution < 1.29 is 9.53 Å². The van der Waals surface area contributed by atoms with Crippen LogP contribution in [0.1, 0.15) is 29.6 Å². The minimum atomic E-state index is -0.383. The minimum absolute atomic E-state index is 0.383. The Hall–Kier alpha value is -1.71. The molecule has 2 N–H and O–H groups in total. The van der Waals surface area contributed by atoms with E-state index < -0.39 is 0 Å². The molecule has 0 aromatic heterocycles. The zero-order valence-corrected chi connectivity index (χ0v) is 11.0. The monoisotopic (exact) mass is 248 g/mol. The van der Waals surface area contributed by atoms with Crippen molar-refractivity contribution in [2.75, 3.05) is 31.3 Å². The highest BCUT2D eigenvalue weighted by Crippen LogP contribution is 2.29. The molecular weight excluding hydrogens is 228 g/mol. The summed E-state index contributed by atoms with van der Waals surface area (Å²) < 4.78 is 4.73. The molecule has 18 heavy (non-hydrogen) atoms. The fraction of sp³-hybridized carbons (Fsp3) is 0.500. The second-order valence-electron chi connectivity index (χ2n) is 4.94. The van der Waals surface area contributed by atoms with Crippen LogP contribution in [0.25, 0.3) is 0 Å². The molecule has 0 saturated heterocycles. The van der Waals surface area contributed by atoms with E-state index >= 15 is 0 Å². The van der Waals surface area contributed by atoms with E-state index in [0.29, 0.717) is 11.3 Å². The van der Waals surface area contributed by atoms with Crippen LogP contribution in [-0.4, -0.2) is 26.7 Å². The third kappa shape index (κ3) is 2.58. The van der Waals surface area contributed by atoms with E-state index in [1.54, 1.807) is 12.1 Å². The lowest BCUT2D eigenvalue weighted by Crippen LogP contribution is -2.29. The number of hydrogen-bond acceptors (Lipinski definition) is 4. The first-order valence-electron chi connectivity index (χ1n) is 6.30. The molecule has 0 amide bonds. The molecule has 1 saturated carbocycles. The average molecular weight is 248 g/mol. The summed E-state index contributed by atoms with van der Waals surface area (Å²) in [4.78, 5) is 13.8. The van der Waals surface area contributed by atoms with E-state index in [0.717, 1.165) is 18.2 Å². The number of nitrogens with two attached hydrogens (primary N) is 1. The van der Waals surface area contributed by atoms with Crippen molar-refractivity contribution in [3.05, 3.63) is 23.8 Å². The Morgan fingerprint density at radius 3 is 2.78 bits per heavy atom. The van der Waals surface area contributed by atoms with Crippen molar-refractivity contribution in [3.63, 3.8) is 0 Å². The van der Waals surface area contributed by atoms with Crippen molar-refractivity contribution in [1.29, 1.82) is 0 Å². The third-order valence-electron chi connectivity index (χ3n) is 3.64. The molecular formula is C14H20N2O2. The minimum Gasteiger partial charge on any atom is -0.465 e. The summed E-state index contributed by atoms with van der Waals surface area (Å²) in [5.74, 6) is 0.403. The van der Waals surface area contributed by atoms with Crippen LogP contribution in [0.3, 0.4) is 0 Å². The number of esters is 1. The maximum atomic E-state index is 11.6. The first-order valence-corrected chi connectivity index (χ1v) is 6.30. The lowest BCUT2D eigenvalue weighted by atomic mass is 9.85. The summed E-state index contributed by atoms with van der Waals surface area (Å²) in [7, 11) is 3.41. The highest BCUT2D eigenvalue weighted by Gasteiger charge is 2.20. The van der Waals surface area contributed by atoms with Gasteiger partial charge in [-0.3, -0.25) is 0 Å². The molecule has 0 aliphatic heterocycles. The fourth-order valence-corrected chi connectivity index (χ4v) is 2.24. The van der Waals surface area contributed by atoms with E-state index in [9.17, 15) is 4.79 Å². The number of anilines is 2. The molecule has 4 nitrogen and oxygen atoms in total. The Morgan fingerprint density at radius 1 is 1.50 bits per heavy atom. The summed E-state index contributed by atoms with van der Waals surface area (Å²) in [5, 5.41) is 0. The van der Waals surface area contributed by atoms with Gasteiger partial charge in [-0.1, -0.05) is 6.42 Å². The van der Waals surface area contributed by atoms with Gasteiger partial charge in [-0.25, -0.2) is 4.79 Å². The molecule has 0 spiro atoms. The van der Waals surface area contributed by atoms with E-state index in [-0.39, 0.29) is 5.97 Å². The number of carbonyl (C=O) groups excluding carboxylic acids is 1. The van der Waals surface area contributed by atoms with Crippen molar-refractivity contribution in [2.45, 2.75) is 19.3 Å². The van der Waals surface area contributed by atoms with Gasteiger partial charge in [-0.15, -0.1) is 0 Å². The summed E-state index contributed by atoms with van der Waals surface area (Å²) in [6, 6.07) is 5.51. The van der Waals surface area contributed by atoms with Gasteiger partial charge in [0.25, 0.3) is 0 Å².